The van der Waals surface area contributed by atoms with E-state index in [1.807, 2.05) is 12.1 Å². The topological polar surface area (TPSA) is 84.0 Å². The lowest BCUT2D eigenvalue weighted by molar-refractivity contribution is -0.137. The molecule has 0 N–H and O–H groups in total. The van der Waals surface area contributed by atoms with Crippen LogP contribution in [0, 0.1) is 0 Å². The minimum absolute atomic E-state index is 0.00485. The predicted octanol–water partition coefficient (Wildman–Crippen LogP) is 2.07. The Hall–Kier alpha value is -2.87. The summed E-state index contributed by atoms with van der Waals surface area (Å²) in [7, 11) is -0.689. The summed E-state index contributed by atoms with van der Waals surface area (Å²) < 4.78 is 32.7. The number of hydrogen-bond acceptors (Lipinski definition) is 5. The van der Waals surface area contributed by atoms with Gasteiger partial charge in [-0.05, 0) is 43.2 Å². The van der Waals surface area contributed by atoms with Crippen LogP contribution in [0.25, 0.3) is 0 Å². The Balaban J connectivity index is 1.85. The minimum atomic E-state index is -3.82. The number of nitrogens with zero attached hydrogens (tertiary/aromatic N) is 2. The fourth-order valence-electron chi connectivity index (χ4n) is 3.11. The number of benzene rings is 2. The molecule has 0 spiro atoms. The molecular weight excluding hydrogens is 380 g/mol. The molecule has 28 heavy (non-hydrogen) atoms. The molecule has 0 aromatic heterocycles. The number of amides is 1. The van der Waals surface area contributed by atoms with Crippen LogP contribution in [0.5, 0.6) is 0 Å². The normalized spacial score (nSPS) is 14.3. The monoisotopic (exact) mass is 402 g/mol. The molecule has 0 bridgehead atoms. The van der Waals surface area contributed by atoms with Gasteiger partial charge in [-0.1, -0.05) is 24.3 Å². The maximum absolute atomic E-state index is 13.1. The van der Waals surface area contributed by atoms with Crippen LogP contribution in [-0.4, -0.2) is 51.9 Å². The van der Waals surface area contributed by atoms with Gasteiger partial charge in [-0.25, -0.2) is 13.2 Å². The first-order chi connectivity index (χ1) is 13.2. The molecule has 7 nitrogen and oxygen atoms in total. The molecule has 1 aliphatic rings. The number of anilines is 1. The Morgan fingerprint density at radius 2 is 1.82 bits per heavy atom. The highest BCUT2D eigenvalue weighted by Crippen LogP contribution is 2.32. The van der Waals surface area contributed by atoms with Gasteiger partial charge < -0.3 is 9.64 Å². The minimum Gasteiger partial charge on any atom is -0.449 e. The highest BCUT2D eigenvalue weighted by molar-refractivity contribution is 7.92. The first kappa shape index (κ1) is 19.9. The summed E-state index contributed by atoms with van der Waals surface area (Å²) in [5.41, 5.74) is 1.70. The number of ether oxygens (including phenoxy) is 1. The van der Waals surface area contributed by atoms with E-state index in [2.05, 4.69) is 0 Å². The van der Waals surface area contributed by atoms with Gasteiger partial charge in [-0.15, -0.1) is 0 Å². The second-order valence-electron chi connectivity index (χ2n) is 6.76. The van der Waals surface area contributed by atoms with E-state index in [1.54, 1.807) is 26.2 Å². The van der Waals surface area contributed by atoms with Gasteiger partial charge in [0.1, 0.15) is 0 Å². The van der Waals surface area contributed by atoms with E-state index in [-0.39, 0.29) is 16.4 Å². The van der Waals surface area contributed by atoms with Crippen molar-refractivity contribution < 1.29 is 22.7 Å². The van der Waals surface area contributed by atoms with Gasteiger partial charge >= 0.3 is 5.97 Å². The smallest absolute Gasteiger partial charge is 0.338 e. The highest BCUT2D eigenvalue weighted by Gasteiger charge is 2.31. The molecule has 1 amide bonds. The SMILES string of the molecule is C[C@H](OC(=O)c1cccc(S(=O)(=O)N2CCc3ccccc32)c1)C(=O)N(C)C. The summed E-state index contributed by atoms with van der Waals surface area (Å²) in [6.07, 6.45) is -0.324. The van der Waals surface area contributed by atoms with Crippen molar-refractivity contribution in [3.63, 3.8) is 0 Å². The van der Waals surface area contributed by atoms with Crippen LogP contribution >= 0.6 is 0 Å². The number of sulfonamides is 1. The molecule has 0 aliphatic carbocycles. The molecule has 0 unspecified atom stereocenters. The fraction of sp³-hybridized carbons (Fsp3) is 0.300. The van der Waals surface area contributed by atoms with Crippen LogP contribution in [0.4, 0.5) is 5.69 Å². The van der Waals surface area contributed by atoms with Crippen LogP contribution in [0.15, 0.2) is 53.4 Å². The van der Waals surface area contributed by atoms with Crippen LogP contribution in [0.2, 0.25) is 0 Å². The van der Waals surface area contributed by atoms with Crippen molar-refractivity contribution in [3.8, 4) is 0 Å². The van der Waals surface area contributed by atoms with Gasteiger partial charge in [-0.3, -0.25) is 9.10 Å². The lowest BCUT2D eigenvalue weighted by Gasteiger charge is -2.20. The number of fused-ring (bicyclic) bond motifs is 1. The molecule has 2 aromatic carbocycles. The van der Waals surface area contributed by atoms with E-state index in [9.17, 15) is 18.0 Å². The van der Waals surface area contributed by atoms with E-state index < -0.39 is 22.1 Å². The number of likely N-dealkylation sites (N-methyl/N-ethyl adjacent to an activating group) is 1. The number of carbonyl (C=O) groups is 2. The summed E-state index contributed by atoms with van der Waals surface area (Å²) in [5, 5.41) is 0. The number of esters is 1. The number of rotatable bonds is 5. The summed E-state index contributed by atoms with van der Waals surface area (Å²) >= 11 is 0. The van der Waals surface area contributed by atoms with Crippen molar-refractivity contribution >= 4 is 27.6 Å². The Kier molecular flexibility index (Phi) is 5.42. The van der Waals surface area contributed by atoms with Gasteiger partial charge in [-0.2, -0.15) is 0 Å². The first-order valence-corrected chi connectivity index (χ1v) is 10.3. The zero-order valence-electron chi connectivity index (χ0n) is 16.0. The van der Waals surface area contributed by atoms with Crippen molar-refractivity contribution in [1.29, 1.82) is 0 Å². The molecule has 1 aliphatic heterocycles. The van der Waals surface area contributed by atoms with Crippen molar-refractivity contribution in [2.75, 3.05) is 24.9 Å². The fourth-order valence-corrected chi connectivity index (χ4v) is 4.66. The van der Waals surface area contributed by atoms with Crippen LogP contribution < -0.4 is 4.31 Å². The Bertz CT molecular complexity index is 1020. The average molecular weight is 402 g/mol. The third-order valence-corrected chi connectivity index (χ3v) is 6.38. The largest absolute Gasteiger partial charge is 0.449 e. The second kappa shape index (κ2) is 7.63. The highest BCUT2D eigenvalue weighted by atomic mass is 32.2. The van der Waals surface area contributed by atoms with Crippen LogP contribution in [0.1, 0.15) is 22.8 Å². The Morgan fingerprint density at radius 3 is 2.54 bits per heavy atom. The molecule has 0 saturated carbocycles. The lowest BCUT2D eigenvalue weighted by atomic mass is 10.2. The zero-order valence-corrected chi connectivity index (χ0v) is 16.8. The summed E-state index contributed by atoms with van der Waals surface area (Å²) in [6, 6.07) is 13.0. The Labute approximate surface area is 164 Å². The quantitative estimate of drug-likeness (QED) is 0.715. The van der Waals surface area contributed by atoms with Gasteiger partial charge in [0, 0.05) is 20.6 Å². The molecule has 0 fully saturated rings. The van der Waals surface area contributed by atoms with Gasteiger partial charge in [0.2, 0.25) is 0 Å². The van der Waals surface area contributed by atoms with Gasteiger partial charge in [0.05, 0.1) is 16.1 Å². The number of para-hydroxylation sites is 1. The third kappa shape index (κ3) is 3.73. The maximum Gasteiger partial charge on any atom is 0.338 e. The first-order valence-electron chi connectivity index (χ1n) is 8.84. The van der Waals surface area contributed by atoms with E-state index >= 15 is 0 Å². The predicted molar refractivity (Wildman–Crippen MR) is 105 cm³/mol. The molecule has 8 heteroatoms. The van der Waals surface area contributed by atoms with Crippen molar-refractivity contribution in [1.82, 2.24) is 4.90 Å². The second-order valence-corrected chi connectivity index (χ2v) is 8.63. The molecule has 0 radical (unpaired) electrons. The Morgan fingerprint density at radius 1 is 1.11 bits per heavy atom. The van der Waals surface area contributed by atoms with Crippen molar-refractivity contribution in [2.24, 2.45) is 0 Å². The number of hydrogen-bond donors (Lipinski definition) is 0. The summed E-state index contributed by atoms with van der Waals surface area (Å²) in [6.45, 7) is 1.83. The summed E-state index contributed by atoms with van der Waals surface area (Å²) in [4.78, 5) is 25.6. The van der Waals surface area contributed by atoms with Crippen LogP contribution in [-0.2, 0) is 26.0 Å². The van der Waals surface area contributed by atoms with Gasteiger partial charge in [0.25, 0.3) is 15.9 Å². The zero-order chi connectivity index (χ0) is 20.5. The molecule has 3 rings (SSSR count). The van der Waals surface area contributed by atoms with E-state index in [0.29, 0.717) is 18.7 Å². The lowest BCUT2D eigenvalue weighted by Crippen LogP contribution is -2.35. The maximum atomic E-state index is 13.1. The van der Waals surface area contributed by atoms with E-state index in [4.69, 9.17) is 4.74 Å². The summed E-state index contributed by atoms with van der Waals surface area (Å²) in [5.74, 6) is -1.10. The van der Waals surface area contributed by atoms with E-state index in [0.717, 1.165) is 5.56 Å². The molecule has 2 aromatic rings. The molecular formula is C20H22N2O5S. The molecule has 148 valence electrons. The molecule has 0 saturated heterocycles. The molecule has 1 atom stereocenters. The average Bonchev–Trinajstić information content (AvgIpc) is 3.12. The van der Waals surface area contributed by atoms with Crippen molar-refractivity contribution in [3.05, 3.63) is 59.7 Å². The van der Waals surface area contributed by atoms with Gasteiger partial charge in [0.15, 0.2) is 6.10 Å². The third-order valence-electron chi connectivity index (χ3n) is 4.57. The van der Waals surface area contributed by atoms with Crippen LogP contribution in [0.3, 0.4) is 0 Å². The van der Waals surface area contributed by atoms with Crippen molar-refractivity contribution in [2.45, 2.75) is 24.3 Å². The van der Waals surface area contributed by atoms with E-state index in [1.165, 1.54) is 40.4 Å². The molecule has 1 heterocycles. The standard InChI is InChI=1S/C20H22N2O5S/c1-14(19(23)21(2)3)27-20(24)16-8-6-9-17(13-16)28(25,26)22-12-11-15-7-4-5-10-18(15)22/h4-10,13-14H,11-12H2,1-3H3/t14-/m0/s1. The number of carbonyl (C=O) groups excluding carboxylic acids is 2.